The van der Waals surface area contributed by atoms with Gasteiger partial charge in [0, 0.05) is 6.54 Å². The molecule has 1 nitrogen and oxygen atoms in total. The predicted molar refractivity (Wildman–Crippen MR) is 80.5 cm³/mol. The summed E-state index contributed by atoms with van der Waals surface area (Å²) in [6, 6.07) is 10.3. The summed E-state index contributed by atoms with van der Waals surface area (Å²) in [5.74, 6) is 0. The molecule has 0 amide bonds. The topological polar surface area (TPSA) is 3.24 Å². The maximum Gasteiger partial charge on any atom is 0.0157 e. The average Bonchev–Trinajstić information content (AvgIpc) is 2.34. The molecule has 0 bridgehead atoms. The minimum atomic E-state index is 1.01. The standard InChI is InChI=1S/C7H15N.C7H8.C2H6/c1-4-6-8(3)7-5-2;1-7-5-3-2-4-6-7;1-2/h4H,1,5-7H2,2-3H3;2-6H,1H3;1-2H3. The molecule has 1 aromatic carbocycles. The SMILES string of the molecule is C=CCN(C)CCC.CC.Cc1ccccc1. The van der Waals surface area contributed by atoms with Crippen LogP contribution in [0.25, 0.3) is 0 Å². The summed E-state index contributed by atoms with van der Waals surface area (Å²) < 4.78 is 0. The summed E-state index contributed by atoms with van der Waals surface area (Å²) >= 11 is 0. The van der Waals surface area contributed by atoms with E-state index in [0.29, 0.717) is 0 Å². The molecule has 0 heterocycles. The van der Waals surface area contributed by atoms with Gasteiger partial charge in [-0.25, -0.2) is 0 Å². The molecular formula is C16H29N. The van der Waals surface area contributed by atoms with Gasteiger partial charge in [-0.15, -0.1) is 6.58 Å². The van der Waals surface area contributed by atoms with Crippen LogP contribution in [0.5, 0.6) is 0 Å². The Kier molecular flexibility index (Phi) is 16.1. The molecule has 0 unspecified atom stereocenters. The smallest absolute Gasteiger partial charge is 0.0157 e. The Morgan fingerprint density at radius 3 is 2.00 bits per heavy atom. The summed E-state index contributed by atoms with van der Waals surface area (Å²) in [6.07, 6.45) is 3.15. The Labute approximate surface area is 108 Å². The second kappa shape index (κ2) is 14.9. The number of rotatable bonds is 4. The quantitative estimate of drug-likeness (QED) is 0.693. The second-order valence-corrected chi connectivity index (χ2v) is 3.71. The van der Waals surface area contributed by atoms with Gasteiger partial charge in [-0.3, -0.25) is 0 Å². The van der Waals surface area contributed by atoms with Crippen molar-refractivity contribution in [2.24, 2.45) is 0 Å². The monoisotopic (exact) mass is 235 g/mol. The van der Waals surface area contributed by atoms with Crippen LogP contribution in [-0.4, -0.2) is 25.0 Å². The zero-order valence-electron chi connectivity index (χ0n) is 12.2. The lowest BCUT2D eigenvalue weighted by Gasteiger charge is -2.10. The van der Waals surface area contributed by atoms with E-state index >= 15 is 0 Å². The molecule has 0 N–H and O–H groups in total. The van der Waals surface area contributed by atoms with Crippen LogP contribution in [0, 0.1) is 6.92 Å². The van der Waals surface area contributed by atoms with Gasteiger partial charge in [0.05, 0.1) is 0 Å². The Bertz CT molecular complexity index is 241. The molecule has 0 fully saturated rings. The lowest BCUT2D eigenvalue weighted by Crippen LogP contribution is -2.18. The van der Waals surface area contributed by atoms with E-state index in [4.69, 9.17) is 0 Å². The maximum atomic E-state index is 3.64. The molecule has 1 heteroatoms. The zero-order chi connectivity index (χ0) is 13.5. The van der Waals surface area contributed by atoms with Crippen molar-refractivity contribution in [3.05, 3.63) is 48.6 Å². The highest BCUT2D eigenvalue weighted by molar-refractivity contribution is 5.11. The molecule has 0 saturated carbocycles. The highest BCUT2D eigenvalue weighted by atomic mass is 15.1. The van der Waals surface area contributed by atoms with Crippen molar-refractivity contribution in [1.82, 2.24) is 4.90 Å². The molecular weight excluding hydrogens is 206 g/mol. The third kappa shape index (κ3) is 14.9. The van der Waals surface area contributed by atoms with Gasteiger partial charge in [0.25, 0.3) is 0 Å². The Hall–Kier alpha value is -1.08. The summed E-state index contributed by atoms with van der Waals surface area (Å²) in [7, 11) is 2.10. The second-order valence-electron chi connectivity index (χ2n) is 3.71. The Morgan fingerprint density at radius 1 is 1.18 bits per heavy atom. The minimum Gasteiger partial charge on any atom is -0.303 e. The first kappa shape index (κ1) is 18.3. The molecule has 1 rings (SSSR count). The zero-order valence-corrected chi connectivity index (χ0v) is 12.2. The van der Waals surface area contributed by atoms with Gasteiger partial charge >= 0.3 is 0 Å². The van der Waals surface area contributed by atoms with Crippen LogP contribution in [0.1, 0.15) is 32.8 Å². The first-order valence-electron chi connectivity index (χ1n) is 6.51. The first-order chi connectivity index (χ1) is 8.20. The van der Waals surface area contributed by atoms with Crippen LogP contribution in [0.2, 0.25) is 0 Å². The first-order valence-corrected chi connectivity index (χ1v) is 6.51. The van der Waals surface area contributed by atoms with E-state index in [1.807, 2.05) is 38.1 Å². The molecule has 1 aromatic rings. The van der Waals surface area contributed by atoms with Crippen molar-refractivity contribution in [3.8, 4) is 0 Å². The Morgan fingerprint density at radius 2 is 1.71 bits per heavy atom. The fraction of sp³-hybridized carbons (Fsp3) is 0.500. The minimum absolute atomic E-state index is 1.01. The van der Waals surface area contributed by atoms with Gasteiger partial charge in [0.15, 0.2) is 0 Å². The third-order valence-electron chi connectivity index (χ3n) is 1.99. The molecule has 17 heavy (non-hydrogen) atoms. The number of benzene rings is 1. The van der Waals surface area contributed by atoms with Gasteiger partial charge in [0.2, 0.25) is 0 Å². The van der Waals surface area contributed by atoms with Crippen LogP contribution < -0.4 is 0 Å². The largest absolute Gasteiger partial charge is 0.303 e. The highest BCUT2D eigenvalue weighted by Gasteiger charge is 1.88. The van der Waals surface area contributed by atoms with Crippen LogP contribution in [0.15, 0.2) is 43.0 Å². The third-order valence-corrected chi connectivity index (χ3v) is 1.99. The van der Waals surface area contributed by atoms with E-state index in [-0.39, 0.29) is 0 Å². The van der Waals surface area contributed by atoms with Crippen molar-refractivity contribution in [2.75, 3.05) is 20.1 Å². The van der Waals surface area contributed by atoms with Crippen molar-refractivity contribution in [2.45, 2.75) is 34.1 Å². The number of likely N-dealkylation sites (N-methyl/N-ethyl adjacent to an activating group) is 1. The predicted octanol–water partition coefficient (Wildman–Crippen LogP) is 4.54. The lowest BCUT2D eigenvalue weighted by molar-refractivity contribution is 0.371. The number of hydrogen-bond acceptors (Lipinski definition) is 1. The van der Waals surface area contributed by atoms with Crippen LogP contribution >= 0.6 is 0 Å². The summed E-state index contributed by atoms with van der Waals surface area (Å²) in [6.45, 7) is 14.1. The fourth-order valence-electron chi connectivity index (χ4n) is 1.23. The molecule has 0 spiro atoms. The van der Waals surface area contributed by atoms with Crippen LogP contribution in [0.4, 0.5) is 0 Å². The Balaban J connectivity index is 0. The van der Waals surface area contributed by atoms with Crippen molar-refractivity contribution < 1.29 is 0 Å². The van der Waals surface area contributed by atoms with Crippen LogP contribution in [-0.2, 0) is 0 Å². The molecule has 0 atom stereocenters. The van der Waals surface area contributed by atoms with Crippen molar-refractivity contribution >= 4 is 0 Å². The van der Waals surface area contributed by atoms with Gasteiger partial charge in [-0.05, 0) is 26.9 Å². The van der Waals surface area contributed by atoms with Gasteiger partial charge in [-0.1, -0.05) is 62.7 Å². The number of aryl methyl sites for hydroxylation is 1. The van der Waals surface area contributed by atoms with Gasteiger partial charge in [0.1, 0.15) is 0 Å². The molecule has 0 aliphatic carbocycles. The van der Waals surface area contributed by atoms with E-state index in [2.05, 4.69) is 44.5 Å². The van der Waals surface area contributed by atoms with Gasteiger partial charge < -0.3 is 4.90 Å². The summed E-state index contributed by atoms with van der Waals surface area (Å²) in [5, 5.41) is 0. The molecule has 0 aliphatic rings. The number of nitrogens with zero attached hydrogens (tertiary/aromatic N) is 1. The average molecular weight is 235 g/mol. The van der Waals surface area contributed by atoms with E-state index in [1.54, 1.807) is 0 Å². The lowest BCUT2D eigenvalue weighted by atomic mass is 10.2. The molecule has 0 aromatic heterocycles. The highest BCUT2D eigenvalue weighted by Crippen LogP contribution is 1.92. The molecule has 0 radical (unpaired) electrons. The molecule has 98 valence electrons. The van der Waals surface area contributed by atoms with E-state index < -0.39 is 0 Å². The van der Waals surface area contributed by atoms with Crippen molar-refractivity contribution in [1.29, 1.82) is 0 Å². The summed E-state index contributed by atoms with van der Waals surface area (Å²) in [4.78, 5) is 2.24. The van der Waals surface area contributed by atoms with Crippen molar-refractivity contribution in [3.63, 3.8) is 0 Å². The van der Waals surface area contributed by atoms with Crippen LogP contribution in [0.3, 0.4) is 0 Å². The fourth-order valence-corrected chi connectivity index (χ4v) is 1.23. The number of hydrogen-bond donors (Lipinski definition) is 0. The van der Waals surface area contributed by atoms with E-state index in [1.165, 1.54) is 18.5 Å². The molecule has 0 saturated heterocycles. The van der Waals surface area contributed by atoms with E-state index in [0.717, 1.165) is 6.54 Å². The maximum absolute atomic E-state index is 3.64. The summed E-state index contributed by atoms with van der Waals surface area (Å²) in [5.41, 5.74) is 1.32. The normalized spacial score (nSPS) is 8.59. The van der Waals surface area contributed by atoms with Gasteiger partial charge in [-0.2, -0.15) is 0 Å². The molecule has 0 aliphatic heterocycles. The van der Waals surface area contributed by atoms with E-state index in [9.17, 15) is 0 Å².